The fraction of sp³-hybridized carbons (Fsp3) is 0. The van der Waals surface area contributed by atoms with Gasteiger partial charge >= 0.3 is 66.7 Å². The summed E-state index contributed by atoms with van der Waals surface area (Å²) in [6.45, 7) is 0. The molecular formula is H2Cl4O4Zr2. The molecule has 0 aliphatic carbocycles. The van der Waals surface area contributed by atoms with Crippen LogP contribution in [-0.4, -0.2) is 9.32 Å². The van der Waals surface area contributed by atoms with Crippen LogP contribution >= 0.6 is 40.8 Å². The second kappa shape index (κ2) is 42.1. The Bertz CT molecular complexity index is 46.5. The van der Waals surface area contributed by atoms with Gasteiger partial charge in [0.2, 0.25) is 0 Å². The second-order valence-corrected chi connectivity index (χ2v) is 6.54. The Morgan fingerprint density at radius 2 is 1.00 bits per heavy atom. The van der Waals surface area contributed by atoms with Crippen LogP contribution in [0.3, 0.4) is 0 Å². The Morgan fingerprint density at radius 1 is 1.00 bits per heavy atom. The molecule has 0 spiro atoms. The van der Waals surface area contributed by atoms with Gasteiger partial charge in [0.05, 0.1) is 23.7 Å². The summed E-state index contributed by atoms with van der Waals surface area (Å²) >= 11 is 4.73. The number of hydrogen-bond donors (Lipinski definition) is 2. The van der Waals surface area contributed by atoms with E-state index in [9.17, 15) is 2.81 Å². The molecule has 0 fully saturated rings. The van der Waals surface area contributed by atoms with Gasteiger partial charge in [0, 0.05) is 0 Å². The summed E-state index contributed by atoms with van der Waals surface area (Å²) in [7, 11) is 9.36. The van der Waals surface area contributed by atoms with Crippen LogP contribution in [0.15, 0.2) is 0 Å². The van der Waals surface area contributed by atoms with E-state index in [2.05, 4.69) is 40.8 Å². The zero-order valence-corrected chi connectivity index (χ0v) is 12.2. The summed E-state index contributed by atoms with van der Waals surface area (Å²) in [5, 5.41) is 0. The van der Waals surface area contributed by atoms with E-state index in [1.165, 1.54) is 0 Å². The summed E-state index contributed by atoms with van der Waals surface area (Å²) in [5.41, 5.74) is 0. The van der Waals surface area contributed by atoms with Crippen molar-refractivity contribution in [2.75, 3.05) is 0 Å². The molecule has 0 aromatic heterocycles. The Kier molecular flexibility index (Phi) is 96.3. The van der Waals surface area contributed by atoms with Crippen molar-refractivity contribution in [1.82, 2.24) is 0 Å². The number of halogens is 4. The van der Waals surface area contributed by atoms with E-state index in [0.717, 1.165) is 0 Å². The van der Waals surface area contributed by atoms with Crippen LogP contribution in [0.1, 0.15) is 0 Å². The molecule has 0 aromatic carbocycles. The Hall–Kier alpha value is 2.45. The molecule has 0 aliphatic heterocycles. The van der Waals surface area contributed by atoms with Crippen molar-refractivity contribution in [2.24, 2.45) is 0 Å². The van der Waals surface area contributed by atoms with Gasteiger partial charge in [0.25, 0.3) is 0 Å². The van der Waals surface area contributed by atoms with E-state index in [0.29, 0.717) is 24.7 Å². The first-order chi connectivity index (χ1) is 4.73. The molecule has 0 amide bonds. The maximum atomic E-state index is 9.26. The van der Waals surface area contributed by atoms with Crippen LogP contribution in [0, 0.1) is 0 Å². The monoisotopic (exact) mass is 386 g/mol. The summed E-state index contributed by atoms with van der Waals surface area (Å²) in [4.78, 5) is 0. The quantitative estimate of drug-likeness (QED) is 0.656. The fourth-order valence-corrected chi connectivity index (χ4v) is 0. The first-order valence-electron chi connectivity index (χ1n) is 1.12. The van der Waals surface area contributed by atoms with Crippen LogP contribution in [0.25, 0.3) is 0 Å². The molecule has 0 aromatic rings. The minimum absolute atomic E-state index is 0.300. The van der Waals surface area contributed by atoms with E-state index in [4.69, 9.17) is 12.1 Å². The van der Waals surface area contributed by atoms with Gasteiger partial charge in [-0.15, -0.1) is 0 Å². The van der Waals surface area contributed by atoms with Crippen LogP contribution in [0.4, 0.5) is 0 Å². The van der Waals surface area contributed by atoms with Crippen LogP contribution in [0.2, 0.25) is 0 Å². The van der Waals surface area contributed by atoms with Gasteiger partial charge in [0.1, 0.15) is 0 Å². The Balaban J connectivity index is -0.0000000262. The summed E-state index contributed by atoms with van der Waals surface area (Å²) in [5.74, 6) is 0. The molecule has 0 saturated heterocycles. The molecule has 2 N–H and O–H groups in total. The molecule has 4 nitrogen and oxygen atoms in total. The van der Waals surface area contributed by atoms with Crippen LogP contribution in [0.5, 0.6) is 0 Å². The molecule has 0 aliphatic rings. The third-order valence-corrected chi connectivity index (χ3v) is 0. The third-order valence-electron chi connectivity index (χ3n) is 0. The van der Waals surface area contributed by atoms with Crippen molar-refractivity contribution in [3.63, 3.8) is 0 Å². The van der Waals surface area contributed by atoms with E-state index >= 15 is 0 Å². The van der Waals surface area contributed by atoms with Crippen molar-refractivity contribution in [3.8, 4) is 0 Å². The van der Waals surface area contributed by atoms with Gasteiger partial charge in [0.15, 0.2) is 0 Å². The average molecular weight is 390 g/mol. The molecule has 0 atom stereocenters. The predicted octanol–water partition coefficient (Wildman–Crippen LogP) is 1.40. The first kappa shape index (κ1) is 22.9. The molecule has 0 saturated carbocycles. The maximum absolute atomic E-state index is 9.26. The predicted molar refractivity (Wildman–Crippen MR) is 29.2 cm³/mol. The number of hydrogen-bond acceptors (Lipinski definition) is 4. The second-order valence-electron chi connectivity index (χ2n) is 0.226. The molecule has 10 heavy (non-hydrogen) atoms. The van der Waals surface area contributed by atoms with Gasteiger partial charge in [-0.25, -0.2) is 0 Å². The molecule has 62 valence electrons. The summed E-state index contributed by atoms with van der Waals surface area (Å²) < 4.78 is 30.5. The third kappa shape index (κ3) is 156. The Morgan fingerprint density at radius 3 is 1.00 bits per heavy atom. The average Bonchev–Trinajstić information content (AvgIpc) is 1.98. The molecule has 0 unspecified atom stereocenters. The van der Waals surface area contributed by atoms with E-state index in [1.807, 2.05) is 0 Å². The number of rotatable bonds is 0. The van der Waals surface area contributed by atoms with Crippen LogP contribution < -0.4 is 0 Å². The van der Waals surface area contributed by atoms with Crippen molar-refractivity contribution in [3.05, 3.63) is 0 Å². The van der Waals surface area contributed by atoms with Gasteiger partial charge < -0.3 is 0 Å². The molecule has 10 heteroatoms. The fourth-order valence-electron chi connectivity index (χ4n) is 0. The van der Waals surface area contributed by atoms with Crippen molar-refractivity contribution >= 4 is 40.8 Å². The van der Waals surface area contributed by atoms with E-state index in [1.54, 1.807) is 0 Å². The first-order valence-corrected chi connectivity index (χ1v) is 10.1. The zero-order valence-electron chi connectivity index (χ0n) is 4.22. The van der Waals surface area contributed by atoms with Crippen LogP contribution in [-0.2, 0) is 49.7 Å². The Labute approximate surface area is 98.3 Å². The topological polar surface area (TPSA) is 74.6 Å². The van der Waals surface area contributed by atoms with E-state index < -0.39 is 19.4 Å². The molecule has 0 heterocycles. The van der Waals surface area contributed by atoms with Crippen molar-refractivity contribution < 1.29 is 59.0 Å². The van der Waals surface area contributed by atoms with Gasteiger partial charge in [-0.05, 0) is 0 Å². The van der Waals surface area contributed by atoms with Crippen molar-refractivity contribution in [2.45, 2.75) is 0 Å². The summed E-state index contributed by atoms with van der Waals surface area (Å²) in [6, 6.07) is 0. The molecular weight excluding hydrogens is 388 g/mol. The van der Waals surface area contributed by atoms with Crippen molar-refractivity contribution in [1.29, 1.82) is 0 Å². The molecule has 0 rings (SSSR count). The summed E-state index contributed by atoms with van der Waals surface area (Å²) in [6.07, 6.45) is 0. The SMILES string of the molecule is OCl.OCl.[O]=[Zr].[O]=[Zr]([Cl])[Cl]. The zero-order chi connectivity index (χ0) is 9.58. The standard InChI is InChI=1S/2ClHO.2ClH.2O.2Zr/c2*1-2;;;;;;/h2*2H;2*1H;;;;/q;;;;;;;+2/p-2. The van der Waals surface area contributed by atoms with E-state index in [-0.39, 0.29) is 0 Å². The van der Waals surface area contributed by atoms with Gasteiger partial charge in [-0.2, -0.15) is 0 Å². The molecule has 0 bridgehead atoms. The van der Waals surface area contributed by atoms with Gasteiger partial charge in [-0.1, -0.05) is 0 Å². The minimum atomic E-state index is -2.85. The normalized spacial score (nSPS) is 4.10. The van der Waals surface area contributed by atoms with Gasteiger partial charge in [-0.3, -0.25) is 9.32 Å². The molecule has 0 radical (unpaired) electrons.